The lowest BCUT2D eigenvalue weighted by Crippen LogP contribution is -2.32. The van der Waals surface area contributed by atoms with Crippen molar-refractivity contribution in [1.29, 1.82) is 0 Å². The van der Waals surface area contributed by atoms with Crippen molar-refractivity contribution in [2.24, 2.45) is 29.6 Å². The van der Waals surface area contributed by atoms with Crippen molar-refractivity contribution < 1.29 is 4.39 Å². The number of benzene rings is 1. The SMILES string of the molecule is CNC(Cc1ccc(F)cc1Br)C1C2C3CCC(C3)C21. The summed E-state index contributed by atoms with van der Waals surface area (Å²) in [6.45, 7) is 0. The molecule has 4 rings (SSSR count). The van der Waals surface area contributed by atoms with Crippen LogP contribution in [0.1, 0.15) is 24.8 Å². The number of rotatable bonds is 4. The molecule has 3 fully saturated rings. The first-order valence-electron chi connectivity index (χ1n) is 7.80. The van der Waals surface area contributed by atoms with Crippen molar-refractivity contribution in [2.45, 2.75) is 31.7 Å². The Balaban J connectivity index is 1.50. The monoisotopic (exact) mass is 337 g/mol. The van der Waals surface area contributed by atoms with Gasteiger partial charge in [-0.05, 0) is 80.0 Å². The first-order chi connectivity index (χ1) is 9.69. The number of fused-ring (bicyclic) bond motifs is 5. The van der Waals surface area contributed by atoms with Gasteiger partial charge in [-0.2, -0.15) is 0 Å². The first kappa shape index (κ1) is 13.3. The molecular weight excluding hydrogens is 317 g/mol. The normalized spacial score (nSPS) is 38.9. The molecule has 5 unspecified atom stereocenters. The second kappa shape index (κ2) is 4.81. The smallest absolute Gasteiger partial charge is 0.124 e. The van der Waals surface area contributed by atoms with Crippen LogP contribution >= 0.6 is 15.9 Å². The third kappa shape index (κ3) is 1.97. The van der Waals surface area contributed by atoms with Crippen molar-refractivity contribution in [1.82, 2.24) is 5.32 Å². The quantitative estimate of drug-likeness (QED) is 0.875. The Bertz CT molecular complexity index is 516. The van der Waals surface area contributed by atoms with E-state index in [1.807, 2.05) is 6.07 Å². The summed E-state index contributed by atoms with van der Waals surface area (Å²) in [4.78, 5) is 0. The summed E-state index contributed by atoms with van der Waals surface area (Å²) < 4.78 is 14.1. The van der Waals surface area contributed by atoms with Gasteiger partial charge in [-0.1, -0.05) is 22.0 Å². The van der Waals surface area contributed by atoms with Crippen molar-refractivity contribution in [3.63, 3.8) is 0 Å². The van der Waals surface area contributed by atoms with Gasteiger partial charge in [-0.25, -0.2) is 4.39 Å². The lowest BCUT2D eigenvalue weighted by molar-refractivity contribution is 0.376. The van der Waals surface area contributed by atoms with E-state index in [1.54, 1.807) is 12.1 Å². The molecule has 1 nitrogen and oxygen atoms in total. The van der Waals surface area contributed by atoms with E-state index in [0.29, 0.717) is 6.04 Å². The van der Waals surface area contributed by atoms with Crippen LogP contribution in [0.5, 0.6) is 0 Å². The lowest BCUT2D eigenvalue weighted by atomic mass is 9.93. The fraction of sp³-hybridized carbons (Fsp3) is 0.647. The molecule has 20 heavy (non-hydrogen) atoms. The van der Waals surface area contributed by atoms with Gasteiger partial charge < -0.3 is 5.32 Å². The summed E-state index contributed by atoms with van der Waals surface area (Å²) in [6, 6.07) is 5.63. The van der Waals surface area contributed by atoms with Crippen molar-refractivity contribution >= 4 is 15.9 Å². The summed E-state index contributed by atoms with van der Waals surface area (Å²) >= 11 is 3.50. The Labute approximate surface area is 128 Å². The molecule has 3 heteroatoms. The summed E-state index contributed by atoms with van der Waals surface area (Å²) in [5.74, 6) is 4.71. The zero-order chi connectivity index (χ0) is 13.9. The van der Waals surface area contributed by atoms with E-state index in [0.717, 1.165) is 40.5 Å². The van der Waals surface area contributed by atoms with Crippen molar-refractivity contribution in [2.75, 3.05) is 7.05 Å². The maximum Gasteiger partial charge on any atom is 0.124 e. The highest BCUT2D eigenvalue weighted by Crippen LogP contribution is 2.70. The Kier molecular flexibility index (Phi) is 3.19. The molecule has 3 aliphatic carbocycles. The zero-order valence-corrected chi connectivity index (χ0v) is 13.4. The van der Waals surface area contributed by atoms with E-state index in [4.69, 9.17) is 0 Å². The van der Waals surface area contributed by atoms with Gasteiger partial charge in [0.25, 0.3) is 0 Å². The molecule has 0 heterocycles. The fourth-order valence-corrected chi connectivity index (χ4v) is 5.80. The maximum absolute atomic E-state index is 13.2. The molecule has 0 spiro atoms. The van der Waals surface area contributed by atoms with Gasteiger partial charge in [0.1, 0.15) is 5.82 Å². The Morgan fingerprint density at radius 1 is 1.30 bits per heavy atom. The summed E-state index contributed by atoms with van der Waals surface area (Å²) in [5.41, 5.74) is 1.23. The second-order valence-corrected chi connectivity index (χ2v) is 7.75. The van der Waals surface area contributed by atoms with E-state index in [1.165, 1.54) is 24.8 Å². The van der Waals surface area contributed by atoms with Crippen LogP contribution in [-0.4, -0.2) is 13.1 Å². The van der Waals surface area contributed by atoms with Gasteiger partial charge in [0.15, 0.2) is 0 Å². The van der Waals surface area contributed by atoms with E-state index in [2.05, 4.69) is 28.3 Å². The van der Waals surface area contributed by atoms with E-state index < -0.39 is 0 Å². The molecule has 108 valence electrons. The van der Waals surface area contributed by atoms with Crippen molar-refractivity contribution in [3.05, 3.63) is 34.1 Å². The molecule has 0 amide bonds. The van der Waals surface area contributed by atoms with Gasteiger partial charge in [0.2, 0.25) is 0 Å². The van der Waals surface area contributed by atoms with Crippen LogP contribution in [0, 0.1) is 35.4 Å². The van der Waals surface area contributed by atoms with Crippen LogP contribution in [0.15, 0.2) is 22.7 Å². The second-order valence-electron chi connectivity index (χ2n) is 6.90. The molecule has 1 aromatic carbocycles. The van der Waals surface area contributed by atoms with Crippen molar-refractivity contribution in [3.8, 4) is 0 Å². The number of hydrogen-bond acceptors (Lipinski definition) is 1. The van der Waals surface area contributed by atoms with Gasteiger partial charge in [-0.3, -0.25) is 0 Å². The molecule has 0 radical (unpaired) electrons. The third-order valence-corrected chi connectivity index (χ3v) is 6.82. The minimum absolute atomic E-state index is 0.164. The maximum atomic E-state index is 13.2. The zero-order valence-electron chi connectivity index (χ0n) is 11.8. The highest BCUT2D eigenvalue weighted by Gasteiger charge is 2.66. The van der Waals surface area contributed by atoms with E-state index >= 15 is 0 Å². The van der Waals surface area contributed by atoms with E-state index in [9.17, 15) is 4.39 Å². The molecular formula is C17H21BrFN. The molecule has 0 aliphatic heterocycles. The minimum atomic E-state index is -0.164. The Morgan fingerprint density at radius 2 is 2.00 bits per heavy atom. The highest BCUT2D eigenvalue weighted by molar-refractivity contribution is 9.10. The predicted octanol–water partition coefficient (Wildman–Crippen LogP) is 4.01. The van der Waals surface area contributed by atoms with Gasteiger partial charge in [0.05, 0.1) is 0 Å². The van der Waals surface area contributed by atoms with Gasteiger partial charge in [-0.15, -0.1) is 0 Å². The lowest BCUT2D eigenvalue weighted by Gasteiger charge is -2.20. The number of nitrogens with one attached hydrogen (secondary N) is 1. The highest BCUT2D eigenvalue weighted by atomic mass is 79.9. The minimum Gasteiger partial charge on any atom is -0.316 e. The first-order valence-corrected chi connectivity index (χ1v) is 8.59. The standard InChI is InChI=1S/C17H21BrFN/c1-20-14(7-9-4-5-12(19)8-13(9)18)17-15-10-2-3-11(6-10)16(15)17/h4-5,8,10-11,14-17,20H,2-3,6-7H2,1H3. The Hall–Kier alpha value is -0.410. The number of halogens is 2. The summed E-state index contributed by atoms with van der Waals surface area (Å²) in [6.07, 6.45) is 5.45. The Morgan fingerprint density at radius 3 is 2.60 bits per heavy atom. The van der Waals surface area contributed by atoms with Gasteiger partial charge in [0, 0.05) is 10.5 Å². The van der Waals surface area contributed by atoms with Crippen LogP contribution < -0.4 is 5.32 Å². The predicted molar refractivity (Wildman–Crippen MR) is 82.0 cm³/mol. The van der Waals surface area contributed by atoms with Crippen LogP contribution in [0.2, 0.25) is 0 Å². The molecule has 3 saturated carbocycles. The molecule has 0 aromatic heterocycles. The molecule has 3 aliphatic rings. The molecule has 5 atom stereocenters. The number of likely N-dealkylation sites (N-methyl/N-ethyl adjacent to an activating group) is 1. The average molecular weight is 338 g/mol. The van der Waals surface area contributed by atoms with E-state index in [-0.39, 0.29) is 5.82 Å². The number of hydrogen-bond donors (Lipinski definition) is 1. The topological polar surface area (TPSA) is 12.0 Å². The molecule has 1 N–H and O–H groups in total. The van der Waals surface area contributed by atoms with Crippen LogP contribution in [0.3, 0.4) is 0 Å². The third-order valence-electron chi connectivity index (χ3n) is 6.09. The summed E-state index contributed by atoms with van der Waals surface area (Å²) in [7, 11) is 2.08. The fourth-order valence-electron chi connectivity index (χ4n) is 5.29. The molecule has 2 bridgehead atoms. The molecule has 1 aromatic rings. The largest absolute Gasteiger partial charge is 0.316 e. The van der Waals surface area contributed by atoms with Crippen LogP contribution in [0.4, 0.5) is 4.39 Å². The molecule has 0 saturated heterocycles. The average Bonchev–Trinajstić information content (AvgIpc) is 2.86. The van der Waals surface area contributed by atoms with Gasteiger partial charge >= 0.3 is 0 Å². The van der Waals surface area contributed by atoms with Crippen LogP contribution in [-0.2, 0) is 6.42 Å². The van der Waals surface area contributed by atoms with Crippen LogP contribution in [0.25, 0.3) is 0 Å². The summed E-state index contributed by atoms with van der Waals surface area (Å²) in [5, 5.41) is 3.54.